The van der Waals surface area contributed by atoms with Gasteiger partial charge in [0.2, 0.25) is 0 Å². The second kappa shape index (κ2) is 6.75. The Morgan fingerprint density at radius 3 is 2.45 bits per heavy atom. The van der Waals surface area contributed by atoms with E-state index in [9.17, 15) is 4.79 Å². The Morgan fingerprint density at radius 1 is 1.18 bits per heavy atom. The van der Waals surface area contributed by atoms with Crippen LogP contribution in [0.3, 0.4) is 0 Å². The summed E-state index contributed by atoms with van der Waals surface area (Å²) < 4.78 is 5.30. The smallest absolute Gasteiger partial charge is 0.409 e. The predicted molar refractivity (Wildman–Crippen MR) is 87.6 cm³/mol. The number of benzene rings is 1. The molecule has 5 nitrogen and oxygen atoms in total. The molecule has 6 heteroatoms. The number of halogens is 1. The summed E-state index contributed by atoms with van der Waals surface area (Å²) in [6.45, 7) is 5.82. The first kappa shape index (κ1) is 15.4. The van der Waals surface area contributed by atoms with Crippen molar-refractivity contribution in [3.8, 4) is 0 Å². The summed E-state index contributed by atoms with van der Waals surface area (Å²) in [5, 5.41) is 0.776. The summed E-state index contributed by atoms with van der Waals surface area (Å²) in [6, 6.07) is 8.03. The zero-order valence-corrected chi connectivity index (χ0v) is 13.6. The van der Waals surface area contributed by atoms with E-state index in [-0.39, 0.29) is 12.2 Å². The summed E-state index contributed by atoms with van der Waals surface area (Å²) in [5.41, 5.74) is 1.23. The van der Waals surface area contributed by atoms with Gasteiger partial charge >= 0.3 is 6.09 Å². The number of likely N-dealkylation sites (N-methyl/N-ethyl adjacent to an activating group) is 1. The second-order valence-corrected chi connectivity index (χ2v) is 6.42. The average Bonchev–Trinajstić information content (AvgIpc) is 2.85. The second-order valence-electron chi connectivity index (χ2n) is 5.98. The molecule has 2 heterocycles. The van der Waals surface area contributed by atoms with E-state index in [2.05, 4.69) is 21.9 Å². The van der Waals surface area contributed by atoms with Gasteiger partial charge in [-0.25, -0.2) is 4.79 Å². The molecule has 2 saturated heterocycles. The maximum absolute atomic E-state index is 11.3. The van der Waals surface area contributed by atoms with Gasteiger partial charge in [-0.15, -0.1) is 0 Å². The Balaban J connectivity index is 1.42. The van der Waals surface area contributed by atoms with Crippen LogP contribution in [-0.2, 0) is 4.74 Å². The molecule has 1 atom stereocenters. The Bertz CT molecular complexity index is 515. The van der Waals surface area contributed by atoms with Crippen molar-refractivity contribution in [2.75, 3.05) is 51.2 Å². The molecule has 2 aliphatic rings. The fraction of sp³-hybridized carbons (Fsp3) is 0.562. The highest BCUT2D eigenvalue weighted by atomic mass is 35.5. The number of carbonyl (C=O) groups excluding carboxylic acids is 1. The minimum absolute atomic E-state index is 0.0480. The van der Waals surface area contributed by atoms with Crippen LogP contribution >= 0.6 is 11.6 Å². The van der Waals surface area contributed by atoms with Crippen LogP contribution in [0.2, 0.25) is 5.02 Å². The van der Waals surface area contributed by atoms with Crippen molar-refractivity contribution in [2.45, 2.75) is 12.5 Å². The van der Waals surface area contributed by atoms with Crippen molar-refractivity contribution >= 4 is 23.4 Å². The molecule has 1 aromatic rings. The molecule has 0 aliphatic carbocycles. The minimum atomic E-state index is -0.197. The van der Waals surface area contributed by atoms with Gasteiger partial charge in [0.1, 0.15) is 6.10 Å². The lowest BCUT2D eigenvalue weighted by Crippen LogP contribution is -2.47. The maximum Gasteiger partial charge on any atom is 0.409 e. The molecule has 2 fully saturated rings. The van der Waals surface area contributed by atoms with Crippen LogP contribution < -0.4 is 4.90 Å². The fourth-order valence-corrected chi connectivity index (χ4v) is 3.13. The van der Waals surface area contributed by atoms with Crippen molar-refractivity contribution in [2.24, 2.45) is 0 Å². The van der Waals surface area contributed by atoms with Gasteiger partial charge in [0.05, 0.1) is 6.54 Å². The standard InChI is InChI=1S/C16H22ClN3O2/c1-18-12-15(22-16(18)21)6-7-19-8-10-20(11-9-19)14-4-2-13(17)3-5-14/h2-5,15H,6-12H2,1H3. The molecule has 2 aliphatic heterocycles. The first-order valence-corrected chi connectivity index (χ1v) is 8.14. The van der Waals surface area contributed by atoms with Crippen molar-refractivity contribution in [1.82, 2.24) is 9.80 Å². The van der Waals surface area contributed by atoms with E-state index in [0.717, 1.165) is 44.2 Å². The lowest BCUT2D eigenvalue weighted by molar-refractivity contribution is 0.121. The number of hydrogen-bond acceptors (Lipinski definition) is 4. The Morgan fingerprint density at radius 2 is 1.86 bits per heavy atom. The normalized spacial score (nSPS) is 23.0. The Labute approximate surface area is 136 Å². The molecule has 0 radical (unpaired) electrons. The number of hydrogen-bond donors (Lipinski definition) is 0. The Hall–Kier alpha value is -1.46. The first-order chi connectivity index (χ1) is 10.6. The molecule has 0 bridgehead atoms. The molecule has 3 rings (SSSR count). The van der Waals surface area contributed by atoms with Crippen molar-refractivity contribution < 1.29 is 9.53 Å². The van der Waals surface area contributed by atoms with Crippen LogP contribution in [0.15, 0.2) is 24.3 Å². The van der Waals surface area contributed by atoms with E-state index < -0.39 is 0 Å². The predicted octanol–water partition coefficient (Wildman–Crippen LogP) is 2.30. The molecule has 0 spiro atoms. The lowest BCUT2D eigenvalue weighted by Gasteiger charge is -2.36. The third kappa shape index (κ3) is 3.65. The third-order valence-corrected chi connectivity index (χ3v) is 4.64. The lowest BCUT2D eigenvalue weighted by atomic mass is 10.2. The number of piperazine rings is 1. The van der Waals surface area contributed by atoms with E-state index in [1.807, 2.05) is 12.1 Å². The van der Waals surface area contributed by atoms with E-state index in [1.54, 1.807) is 11.9 Å². The van der Waals surface area contributed by atoms with Crippen LogP contribution in [0.1, 0.15) is 6.42 Å². The van der Waals surface area contributed by atoms with Crippen LogP contribution in [0.25, 0.3) is 0 Å². The largest absolute Gasteiger partial charge is 0.444 e. The van der Waals surface area contributed by atoms with Gasteiger partial charge in [-0.1, -0.05) is 11.6 Å². The SMILES string of the molecule is CN1CC(CCN2CCN(c3ccc(Cl)cc3)CC2)OC1=O. The van der Waals surface area contributed by atoms with Crippen molar-refractivity contribution in [3.05, 3.63) is 29.3 Å². The molecular formula is C16H22ClN3O2. The highest BCUT2D eigenvalue weighted by Crippen LogP contribution is 2.20. The maximum atomic E-state index is 11.3. The van der Waals surface area contributed by atoms with Gasteiger partial charge in [0.25, 0.3) is 0 Å². The summed E-state index contributed by atoms with van der Waals surface area (Å²) in [4.78, 5) is 17.8. The number of rotatable bonds is 4. The van der Waals surface area contributed by atoms with Gasteiger partial charge in [0, 0.05) is 50.5 Å². The number of anilines is 1. The van der Waals surface area contributed by atoms with Crippen LogP contribution in [0, 0.1) is 0 Å². The quantitative estimate of drug-likeness (QED) is 0.852. The number of nitrogens with zero attached hydrogens (tertiary/aromatic N) is 3. The number of amides is 1. The average molecular weight is 324 g/mol. The molecule has 1 aromatic carbocycles. The van der Waals surface area contributed by atoms with E-state index in [1.165, 1.54) is 5.69 Å². The summed E-state index contributed by atoms with van der Waals surface area (Å²) >= 11 is 5.93. The Kier molecular flexibility index (Phi) is 4.74. The zero-order chi connectivity index (χ0) is 15.5. The molecule has 1 amide bonds. The van der Waals surface area contributed by atoms with Crippen LogP contribution in [0.5, 0.6) is 0 Å². The van der Waals surface area contributed by atoms with Gasteiger partial charge < -0.3 is 14.5 Å². The van der Waals surface area contributed by atoms with Crippen molar-refractivity contribution in [1.29, 1.82) is 0 Å². The highest BCUT2D eigenvalue weighted by molar-refractivity contribution is 6.30. The molecule has 1 unspecified atom stereocenters. The zero-order valence-electron chi connectivity index (χ0n) is 12.9. The topological polar surface area (TPSA) is 36.0 Å². The first-order valence-electron chi connectivity index (χ1n) is 7.76. The highest BCUT2D eigenvalue weighted by Gasteiger charge is 2.28. The molecule has 0 saturated carbocycles. The molecule has 120 valence electrons. The molecule has 0 aromatic heterocycles. The summed E-state index contributed by atoms with van der Waals surface area (Å²) in [5.74, 6) is 0. The van der Waals surface area contributed by atoms with Gasteiger partial charge in [-0.3, -0.25) is 4.90 Å². The molecular weight excluding hydrogens is 302 g/mol. The molecule has 0 N–H and O–H groups in total. The van der Waals surface area contributed by atoms with Gasteiger partial charge in [0.15, 0.2) is 0 Å². The number of ether oxygens (including phenoxy) is 1. The fourth-order valence-electron chi connectivity index (χ4n) is 3.01. The van der Waals surface area contributed by atoms with E-state index in [4.69, 9.17) is 16.3 Å². The minimum Gasteiger partial charge on any atom is -0.444 e. The number of carbonyl (C=O) groups is 1. The van der Waals surface area contributed by atoms with Crippen LogP contribution in [0.4, 0.5) is 10.5 Å². The third-order valence-electron chi connectivity index (χ3n) is 4.39. The van der Waals surface area contributed by atoms with E-state index in [0.29, 0.717) is 6.54 Å². The van der Waals surface area contributed by atoms with E-state index >= 15 is 0 Å². The molecule has 22 heavy (non-hydrogen) atoms. The summed E-state index contributed by atoms with van der Waals surface area (Å²) in [6.07, 6.45) is 0.765. The van der Waals surface area contributed by atoms with Gasteiger partial charge in [-0.05, 0) is 30.7 Å². The van der Waals surface area contributed by atoms with Gasteiger partial charge in [-0.2, -0.15) is 0 Å². The van der Waals surface area contributed by atoms with Crippen molar-refractivity contribution in [3.63, 3.8) is 0 Å². The van der Waals surface area contributed by atoms with Crippen LogP contribution in [-0.4, -0.2) is 68.3 Å². The summed E-state index contributed by atoms with van der Waals surface area (Å²) in [7, 11) is 1.78. The monoisotopic (exact) mass is 323 g/mol. The number of cyclic esters (lactones) is 1.